The van der Waals surface area contributed by atoms with Crippen molar-refractivity contribution in [1.82, 2.24) is 0 Å². The van der Waals surface area contributed by atoms with Crippen LogP contribution >= 0.6 is 24.0 Å². The van der Waals surface area contributed by atoms with Gasteiger partial charge in [-0.25, -0.2) is 0 Å². The van der Waals surface area contributed by atoms with Gasteiger partial charge in [0.15, 0.2) is 0 Å². The maximum Gasteiger partial charge on any atom is 0.244 e. The van der Waals surface area contributed by atoms with Crippen molar-refractivity contribution < 1.29 is 9.59 Å². The van der Waals surface area contributed by atoms with Crippen LogP contribution in [0.3, 0.4) is 0 Å². The topological polar surface area (TPSA) is 75.4 Å². The Labute approximate surface area is 183 Å². The van der Waals surface area contributed by atoms with Gasteiger partial charge in [0.2, 0.25) is 11.8 Å². The molecule has 3 N–H and O–H groups in total. The van der Waals surface area contributed by atoms with Crippen LogP contribution in [0.15, 0.2) is 42.5 Å². The van der Waals surface area contributed by atoms with Gasteiger partial charge in [0.1, 0.15) is 0 Å². The van der Waals surface area contributed by atoms with E-state index in [2.05, 4.69) is 5.32 Å². The third-order valence-electron chi connectivity index (χ3n) is 5.08. The molecule has 1 aliphatic rings. The van der Waals surface area contributed by atoms with Crippen molar-refractivity contribution in [3.63, 3.8) is 0 Å². The maximum atomic E-state index is 12.5. The van der Waals surface area contributed by atoms with Crippen LogP contribution in [-0.2, 0) is 22.6 Å². The first-order valence-corrected chi connectivity index (χ1v) is 9.96. The average molecular weight is 436 g/mol. The average Bonchev–Trinajstić information content (AvgIpc) is 2.65. The molecule has 1 unspecified atom stereocenters. The predicted octanol–water partition coefficient (Wildman–Crippen LogP) is 4.70. The Balaban J connectivity index is 0.00000300. The summed E-state index contributed by atoms with van der Waals surface area (Å²) in [6.07, 6.45) is 2.56. The molecule has 29 heavy (non-hydrogen) atoms. The summed E-state index contributed by atoms with van der Waals surface area (Å²) in [4.78, 5) is 26.8. The summed E-state index contributed by atoms with van der Waals surface area (Å²) in [7, 11) is 0. The number of carbonyl (C=O) groups is 2. The number of hydrogen-bond donors (Lipinski definition) is 2. The Bertz CT molecular complexity index is 882. The van der Waals surface area contributed by atoms with E-state index in [0.29, 0.717) is 36.5 Å². The van der Waals surface area contributed by atoms with Gasteiger partial charge >= 0.3 is 0 Å². The number of halogens is 2. The van der Waals surface area contributed by atoms with Gasteiger partial charge in [-0.2, -0.15) is 0 Å². The fourth-order valence-electron chi connectivity index (χ4n) is 3.49. The van der Waals surface area contributed by atoms with Crippen LogP contribution in [0.2, 0.25) is 5.02 Å². The lowest BCUT2D eigenvalue weighted by Crippen LogP contribution is -2.48. The summed E-state index contributed by atoms with van der Waals surface area (Å²) in [5, 5.41) is 3.59. The highest BCUT2D eigenvalue weighted by atomic mass is 35.5. The molecular formula is C22H27Cl2N3O2. The number of nitrogens with two attached hydrogens (primary N) is 1. The quantitative estimate of drug-likeness (QED) is 0.690. The number of benzene rings is 2. The van der Waals surface area contributed by atoms with Crippen molar-refractivity contribution in [1.29, 1.82) is 0 Å². The Hall–Kier alpha value is -2.08. The molecule has 0 aromatic heterocycles. The van der Waals surface area contributed by atoms with E-state index in [0.717, 1.165) is 23.2 Å². The molecule has 5 nitrogen and oxygen atoms in total. The molecule has 0 spiro atoms. The summed E-state index contributed by atoms with van der Waals surface area (Å²) in [6, 6.07) is 13.2. The Morgan fingerprint density at radius 2 is 1.90 bits per heavy atom. The summed E-state index contributed by atoms with van der Waals surface area (Å²) in [6.45, 7) is 4.24. The molecule has 156 valence electrons. The van der Waals surface area contributed by atoms with Gasteiger partial charge < -0.3 is 16.0 Å². The van der Waals surface area contributed by atoms with E-state index in [1.54, 1.807) is 11.8 Å². The first-order valence-electron chi connectivity index (χ1n) is 9.58. The highest BCUT2D eigenvalue weighted by Gasteiger charge is 2.28. The smallest absolute Gasteiger partial charge is 0.244 e. The van der Waals surface area contributed by atoms with Gasteiger partial charge in [-0.3, -0.25) is 9.59 Å². The number of aryl methyl sites for hydroxylation is 1. The highest BCUT2D eigenvalue weighted by Crippen LogP contribution is 2.32. The fourth-order valence-corrected chi connectivity index (χ4v) is 3.62. The van der Waals surface area contributed by atoms with Crippen molar-refractivity contribution in [2.24, 2.45) is 5.73 Å². The van der Waals surface area contributed by atoms with E-state index in [-0.39, 0.29) is 24.2 Å². The molecule has 0 aliphatic carbocycles. The van der Waals surface area contributed by atoms with Crippen LogP contribution in [-0.4, -0.2) is 17.4 Å². The van der Waals surface area contributed by atoms with Gasteiger partial charge in [0.05, 0.1) is 12.1 Å². The van der Waals surface area contributed by atoms with E-state index in [1.807, 2.05) is 49.4 Å². The van der Waals surface area contributed by atoms with Crippen molar-refractivity contribution in [3.8, 4) is 0 Å². The molecule has 0 bridgehead atoms. The van der Waals surface area contributed by atoms with Crippen LogP contribution in [0.5, 0.6) is 0 Å². The van der Waals surface area contributed by atoms with E-state index in [1.165, 1.54) is 0 Å². The normalized spacial score (nSPS) is 15.2. The van der Waals surface area contributed by atoms with Crippen LogP contribution in [0.1, 0.15) is 44.2 Å². The second kappa shape index (κ2) is 9.61. The lowest BCUT2D eigenvalue weighted by molar-refractivity contribution is -0.121. The molecule has 1 atom stereocenters. The second-order valence-corrected chi connectivity index (χ2v) is 8.01. The van der Waals surface area contributed by atoms with Gasteiger partial charge in [-0.1, -0.05) is 37.1 Å². The molecule has 1 heterocycles. The van der Waals surface area contributed by atoms with E-state index < -0.39 is 5.54 Å². The first-order chi connectivity index (χ1) is 13.3. The zero-order chi connectivity index (χ0) is 20.3. The highest BCUT2D eigenvalue weighted by molar-refractivity contribution is 6.30. The van der Waals surface area contributed by atoms with Crippen molar-refractivity contribution in [2.75, 3.05) is 10.2 Å². The van der Waals surface area contributed by atoms with Crippen molar-refractivity contribution >= 4 is 47.2 Å². The molecular weight excluding hydrogens is 409 g/mol. The summed E-state index contributed by atoms with van der Waals surface area (Å²) >= 11 is 5.95. The lowest BCUT2D eigenvalue weighted by atomic mass is 9.96. The third-order valence-corrected chi connectivity index (χ3v) is 5.33. The number of fused-ring (bicyclic) bond motifs is 1. The largest absolute Gasteiger partial charge is 0.324 e. The molecule has 2 aromatic rings. The van der Waals surface area contributed by atoms with Crippen LogP contribution < -0.4 is 16.0 Å². The minimum atomic E-state index is -0.902. The van der Waals surface area contributed by atoms with Gasteiger partial charge in [-0.05, 0) is 61.2 Å². The number of hydrogen-bond acceptors (Lipinski definition) is 3. The van der Waals surface area contributed by atoms with E-state index in [9.17, 15) is 9.59 Å². The van der Waals surface area contributed by atoms with E-state index in [4.69, 9.17) is 17.3 Å². The summed E-state index contributed by atoms with van der Waals surface area (Å²) in [5.41, 5.74) is 8.86. The summed E-state index contributed by atoms with van der Waals surface area (Å²) < 4.78 is 0. The maximum absolute atomic E-state index is 12.5. The van der Waals surface area contributed by atoms with Crippen molar-refractivity contribution in [3.05, 3.63) is 58.6 Å². The Morgan fingerprint density at radius 1 is 1.21 bits per heavy atom. The van der Waals surface area contributed by atoms with Gasteiger partial charge in [0.25, 0.3) is 0 Å². The van der Waals surface area contributed by atoms with Crippen molar-refractivity contribution in [2.45, 2.75) is 51.6 Å². The molecule has 0 saturated carbocycles. The number of carbonyl (C=O) groups excluding carboxylic acids is 2. The van der Waals surface area contributed by atoms with Gasteiger partial charge in [0, 0.05) is 22.8 Å². The molecule has 0 radical (unpaired) electrons. The zero-order valence-electron chi connectivity index (χ0n) is 16.7. The number of nitrogens with one attached hydrogen (secondary N) is 1. The standard InChI is InChI=1S/C22H26ClN3O2.ClH/c1-3-12-22(2,24)21(28)25-18-9-10-19-16(13-18)6-11-20(27)26(19)14-15-4-7-17(23)8-5-15;/h4-5,7-10,13H,3,6,11-12,14,24H2,1-2H3,(H,25,28);1H. The zero-order valence-corrected chi connectivity index (χ0v) is 18.3. The molecule has 1 aliphatic heterocycles. The first kappa shape index (κ1) is 23.2. The molecule has 2 aromatic carbocycles. The Morgan fingerprint density at radius 3 is 2.55 bits per heavy atom. The van der Waals surface area contributed by atoms with Gasteiger partial charge in [-0.15, -0.1) is 12.4 Å². The fraction of sp³-hybridized carbons (Fsp3) is 0.364. The molecule has 0 fully saturated rings. The number of anilines is 2. The van der Waals surface area contributed by atoms with E-state index >= 15 is 0 Å². The molecule has 7 heteroatoms. The van der Waals surface area contributed by atoms with Crippen LogP contribution in [0, 0.1) is 0 Å². The molecule has 3 rings (SSSR count). The van der Waals surface area contributed by atoms with Crippen LogP contribution in [0.4, 0.5) is 11.4 Å². The second-order valence-electron chi connectivity index (χ2n) is 7.57. The minimum absolute atomic E-state index is 0. The van der Waals surface area contributed by atoms with Crippen LogP contribution in [0.25, 0.3) is 0 Å². The monoisotopic (exact) mass is 435 g/mol. The SMILES string of the molecule is CCCC(C)(N)C(=O)Nc1ccc2c(c1)CCC(=O)N2Cc1ccc(Cl)cc1.Cl. The Kier molecular flexibility index (Phi) is 7.69. The molecule has 2 amide bonds. The number of amides is 2. The predicted molar refractivity (Wildman–Crippen MR) is 121 cm³/mol. The number of nitrogens with zero attached hydrogens (tertiary/aromatic N) is 1. The minimum Gasteiger partial charge on any atom is -0.324 e. The summed E-state index contributed by atoms with van der Waals surface area (Å²) in [5.74, 6) is -0.101. The molecule has 0 saturated heterocycles. The number of rotatable bonds is 6. The third kappa shape index (κ3) is 5.50. The lowest BCUT2D eigenvalue weighted by Gasteiger charge is -2.30.